The van der Waals surface area contributed by atoms with Crippen molar-refractivity contribution in [3.8, 4) is 5.75 Å². The lowest BCUT2D eigenvalue weighted by atomic mass is 10.2. The van der Waals surface area contributed by atoms with E-state index in [0.29, 0.717) is 11.3 Å². The zero-order valence-corrected chi connectivity index (χ0v) is 9.60. The molecule has 0 aliphatic rings. The summed E-state index contributed by atoms with van der Waals surface area (Å²) in [6.45, 7) is 0. The van der Waals surface area contributed by atoms with Gasteiger partial charge in [-0.2, -0.15) is 0 Å². The number of hydrogen-bond donors (Lipinski definition) is 0. The number of ether oxygens (including phenoxy) is 1. The molecule has 1 aromatic rings. The number of hydrogen-bond acceptors (Lipinski definition) is 3. The summed E-state index contributed by atoms with van der Waals surface area (Å²) >= 11 is 5.62. The number of benzene rings is 1. The number of rotatable bonds is 3. The van der Waals surface area contributed by atoms with Gasteiger partial charge in [-0.3, -0.25) is 0 Å². The van der Waals surface area contributed by atoms with E-state index in [1.165, 1.54) is 7.11 Å². The third kappa shape index (κ3) is 2.77. The van der Waals surface area contributed by atoms with Gasteiger partial charge in [-0.1, -0.05) is 23.7 Å². The number of halogens is 2. The van der Waals surface area contributed by atoms with Crippen molar-refractivity contribution in [2.75, 3.05) is 7.11 Å². The molecular formula is C8H8Cl2O3S. The van der Waals surface area contributed by atoms with E-state index in [4.69, 9.17) is 27.0 Å². The third-order valence-electron chi connectivity index (χ3n) is 1.63. The summed E-state index contributed by atoms with van der Waals surface area (Å²) < 4.78 is 25.5. The van der Waals surface area contributed by atoms with Crippen LogP contribution in [0.1, 0.15) is 10.3 Å². The standard InChI is InChI=1S/C8H8Cl2O3S/c1-13-7-4-2-6(3-5-7)8(9)14(10,11)12/h2-5,8H,1H3. The third-order valence-corrected chi connectivity index (χ3v) is 4.16. The number of alkyl halides is 1. The van der Waals surface area contributed by atoms with Crippen LogP contribution < -0.4 is 4.74 Å². The summed E-state index contributed by atoms with van der Waals surface area (Å²) in [4.78, 5) is 0. The van der Waals surface area contributed by atoms with Crippen molar-refractivity contribution in [3.63, 3.8) is 0 Å². The summed E-state index contributed by atoms with van der Waals surface area (Å²) in [5.74, 6) is 0.629. The lowest BCUT2D eigenvalue weighted by Gasteiger charge is -2.06. The van der Waals surface area contributed by atoms with E-state index < -0.39 is 13.8 Å². The average molecular weight is 255 g/mol. The van der Waals surface area contributed by atoms with E-state index in [-0.39, 0.29) is 0 Å². The summed E-state index contributed by atoms with van der Waals surface area (Å²) in [7, 11) is 2.84. The Morgan fingerprint density at radius 1 is 1.29 bits per heavy atom. The lowest BCUT2D eigenvalue weighted by molar-refractivity contribution is 0.414. The van der Waals surface area contributed by atoms with Crippen molar-refractivity contribution in [2.24, 2.45) is 0 Å². The first-order valence-corrected chi connectivity index (χ1v) is 6.47. The molecule has 1 rings (SSSR count). The fraction of sp³-hybridized carbons (Fsp3) is 0.250. The number of methoxy groups -OCH3 is 1. The minimum absolute atomic E-state index is 0.419. The molecule has 78 valence electrons. The van der Waals surface area contributed by atoms with Crippen LogP contribution in [0.15, 0.2) is 24.3 Å². The minimum atomic E-state index is -3.78. The maximum atomic E-state index is 10.9. The second-order valence-corrected chi connectivity index (χ2v) is 5.97. The monoisotopic (exact) mass is 254 g/mol. The second-order valence-electron chi connectivity index (χ2n) is 2.56. The zero-order chi connectivity index (χ0) is 10.8. The van der Waals surface area contributed by atoms with E-state index in [2.05, 4.69) is 0 Å². The van der Waals surface area contributed by atoms with E-state index in [1.54, 1.807) is 24.3 Å². The van der Waals surface area contributed by atoms with Crippen molar-refractivity contribution in [3.05, 3.63) is 29.8 Å². The lowest BCUT2D eigenvalue weighted by Crippen LogP contribution is -1.99. The van der Waals surface area contributed by atoms with Crippen LogP contribution in [0.2, 0.25) is 0 Å². The second kappa shape index (κ2) is 4.38. The predicted molar refractivity (Wildman–Crippen MR) is 56.4 cm³/mol. The predicted octanol–water partition coefficient (Wildman–Crippen LogP) is 2.50. The zero-order valence-electron chi connectivity index (χ0n) is 7.28. The molecule has 0 spiro atoms. The molecular weight excluding hydrogens is 247 g/mol. The first-order valence-electron chi connectivity index (χ1n) is 3.66. The van der Waals surface area contributed by atoms with Gasteiger partial charge in [0.15, 0.2) is 4.71 Å². The molecule has 0 saturated heterocycles. The smallest absolute Gasteiger partial charge is 0.253 e. The van der Waals surface area contributed by atoms with Crippen LogP contribution in [0.25, 0.3) is 0 Å². The Kier molecular flexibility index (Phi) is 3.64. The van der Waals surface area contributed by atoms with Gasteiger partial charge < -0.3 is 4.74 Å². The highest BCUT2D eigenvalue weighted by molar-refractivity contribution is 8.14. The van der Waals surface area contributed by atoms with Crippen LogP contribution in [0.5, 0.6) is 5.75 Å². The molecule has 0 radical (unpaired) electrons. The Bertz CT molecular complexity index is 399. The SMILES string of the molecule is COc1ccc(C(Cl)S(=O)(=O)Cl)cc1. The van der Waals surface area contributed by atoms with Gasteiger partial charge >= 0.3 is 0 Å². The van der Waals surface area contributed by atoms with Crippen LogP contribution >= 0.6 is 22.3 Å². The van der Waals surface area contributed by atoms with Crippen molar-refractivity contribution < 1.29 is 13.2 Å². The molecule has 0 saturated carbocycles. The van der Waals surface area contributed by atoms with Crippen LogP contribution in [0.3, 0.4) is 0 Å². The van der Waals surface area contributed by atoms with Gasteiger partial charge in [0.25, 0.3) is 9.05 Å². The van der Waals surface area contributed by atoms with Gasteiger partial charge in [0, 0.05) is 10.7 Å². The van der Waals surface area contributed by atoms with E-state index in [9.17, 15) is 8.42 Å². The van der Waals surface area contributed by atoms with E-state index in [1.807, 2.05) is 0 Å². The Morgan fingerprint density at radius 2 is 1.79 bits per heavy atom. The topological polar surface area (TPSA) is 43.4 Å². The highest BCUT2D eigenvalue weighted by atomic mass is 35.7. The molecule has 0 N–H and O–H groups in total. The normalized spacial score (nSPS) is 13.6. The highest BCUT2D eigenvalue weighted by Crippen LogP contribution is 2.30. The summed E-state index contributed by atoms with van der Waals surface area (Å²) in [6, 6.07) is 6.34. The molecule has 0 aliphatic heterocycles. The summed E-state index contributed by atoms with van der Waals surface area (Å²) in [5.41, 5.74) is 0.419. The van der Waals surface area contributed by atoms with E-state index in [0.717, 1.165) is 0 Å². The van der Waals surface area contributed by atoms with Crippen LogP contribution in [0, 0.1) is 0 Å². The van der Waals surface area contributed by atoms with Gasteiger partial charge in [0.1, 0.15) is 5.75 Å². The maximum Gasteiger partial charge on any atom is 0.253 e. The molecule has 0 fully saturated rings. The Morgan fingerprint density at radius 3 is 2.14 bits per heavy atom. The van der Waals surface area contributed by atoms with Crippen LogP contribution in [-0.4, -0.2) is 15.5 Å². The first-order chi connectivity index (χ1) is 6.45. The van der Waals surface area contributed by atoms with Crippen molar-refractivity contribution in [2.45, 2.75) is 4.71 Å². The molecule has 0 amide bonds. The molecule has 0 aliphatic carbocycles. The molecule has 3 nitrogen and oxygen atoms in total. The van der Waals surface area contributed by atoms with Gasteiger partial charge in [0.05, 0.1) is 7.11 Å². The van der Waals surface area contributed by atoms with Gasteiger partial charge in [-0.25, -0.2) is 8.42 Å². The molecule has 1 aromatic carbocycles. The van der Waals surface area contributed by atoms with Gasteiger partial charge in [-0.05, 0) is 17.7 Å². The Hall–Kier alpha value is -0.450. The largest absolute Gasteiger partial charge is 0.497 e. The Labute approximate surface area is 92.0 Å². The maximum absolute atomic E-state index is 10.9. The molecule has 0 aromatic heterocycles. The van der Waals surface area contributed by atoms with E-state index >= 15 is 0 Å². The van der Waals surface area contributed by atoms with Gasteiger partial charge in [-0.15, -0.1) is 0 Å². The van der Waals surface area contributed by atoms with Crippen molar-refractivity contribution in [1.82, 2.24) is 0 Å². The van der Waals surface area contributed by atoms with Crippen molar-refractivity contribution in [1.29, 1.82) is 0 Å². The average Bonchev–Trinajstić information content (AvgIpc) is 2.15. The molecule has 1 atom stereocenters. The molecule has 14 heavy (non-hydrogen) atoms. The summed E-state index contributed by atoms with van der Waals surface area (Å²) in [6.07, 6.45) is 0. The van der Waals surface area contributed by atoms with Gasteiger partial charge in [0.2, 0.25) is 0 Å². The summed E-state index contributed by atoms with van der Waals surface area (Å²) in [5, 5.41) is 0. The molecule has 0 bridgehead atoms. The molecule has 1 unspecified atom stereocenters. The first kappa shape index (κ1) is 11.6. The fourth-order valence-electron chi connectivity index (χ4n) is 0.918. The highest BCUT2D eigenvalue weighted by Gasteiger charge is 2.21. The molecule has 0 heterocycles. The fourth-order valence-corrected chi connectivity index (χ4v) is 1.85. The van der Waals surface area contributed by atoms with Crippen LogP contribution in [0.4, 0.5) is 0 Å². The Balaban J connectivity index is 2.98. The molecule has 6 heteroatoms. The minimum Gasteiger partial charge on any atom is -0.497 e. The quantitative estimate of drug-likeness (QED) is 0.615. The van der Waals surface area contributed by atoms with Crippen molar-refractivity contribution >= 4 is 31.3 Å². The van der Waals surface area contributed by atoms with Crippen LogP contribution in [-0.2, 0) is 9.05 Å².